The number of benzene rings is 2. The first-order valence-electron chi connectivity index (χ1n) is 8.60. The van der Waals surface area contributed by atoms with Crippen LogP contribution in [0.2, 0.25) is 0 Å². The first-order chi connectivity index (χ1) is 11.6. The Kier molecular flexibility index (Phi) is 4.89. The highest BCUT2D eigenvalue weighted by Gasteiger charge is 2.57. The largest absolute Gasteiger partial charge is 0.491 e. The fourth-order valence-electron chi connectivity index (χ4n) is 3.44. The Morgan fingerprint density at radius 3 is 2.33 bits per heavy atom. The normalized spacial score (nSPS) is 22.2. The summed E-state index contributed by atoms with van der Waals surface area (Å²) in [6.07, 6.45) is 0.0983. The van der Waals surface area contributed by atoms with Gasteiger partial charge in [-0.15, -0.1) is 0 Å². The third kappa shape index (κ3) is 3.30. The van der Waals surface area contributed by atoms with Crippen molar-refractivity contribution in [2.45, 2.75) is 38.7 Å². The van der Waals surface area contributed by atoms with Crippen molar-refractivity contribution in [3.05, 3.63) is 65.7 Å². The topological polar surface area (TPSA) is 35.5 Å². The van der Waals surface area contributed by atoms with Gasteiger partial charge in [-0.05, 0) is 38.0 Å². The molecule has 0 saturated heterocycles. The summed E-state index contributed by atoms with van der Waals surface area (Å²) in [6, 6.07) is 18.2. The van der Waals surface area contributed by atoms with Gasteiger partial charge in [0.2, 0.25) is 0 Å². The highest BCUT2D eigenvalue weighted by atomic mass is 16.5. The van der Waals surface area contributed by atoms with Crippen LogP contribution in [0.4, 0.5) is 0 Å². The molecule has 1 fully saturated rings. The molecule has 2 aromatic rings. The molecule has 3 heteroatoms. The zero-order valence-corrected chi connectivity index (χ0v) is 14.4. The van der Waals surface area contributed by atoms with Gasteiger partial charge in [0.25, 0.3) is 0 Å². The summed E-state index contributed by atoms with van der Waals surface area (Å²) in [4.78, 5) is 12.4. The van der Waals surface area contributed by atoms with Gasteiger partial charge in [-0.1, -0.05) is 48.5 Å². The Hall–Kier alpha value is -2.29. The average Bonchev–Trinajstić information content (AvgIpc) is 3.31. The summed E-state index contributed by atoms with van der Waals surface area (Å²) < 4.78 is 11.3. The molecule has 24 heavy (non-hydrogen) atoms. The molecule has 1 saturated carbocycles. The molecule has 3 nitrogen and oxygen atoms in total. The Bertz CT molecular complexity index is 693. The minimum Gasteiger partial charge on any atom is -0.491 e. The van der Waals surface area contributed by atoms with Crippen LogP contribution in [-0.4, -0.2) is 18.7 Å². The van der Waals surface area contributed by atoms with Crippen molar-refractivity contribution >= 4 is 5.97 Å². The molecular weight excluding hydrogens is 300 g/mol. The van der Waals surface area contributed by atoms with Crippen LogP contribution < -0.4 is 4.74 Å². The number of carbonyl (C=O) groups excluding carboxylic acids is 1. The Morgan fingerprint density at radius 1 is 1.00 bits per heavy atom. The van der Waals surface area contributed by atoms with Gasteiger partial charge in [0.05, 0.1) is 18.6 Å². The minimum absolute atomic E-state index is 0.0983. The average molecular weight is 324 g/mol. The lowest BCUT2D eigenvalue weighted by atomic mass is 10.0. The summed E-state index contributed by atoms with van der Waals surface area (Å²) >= 11 is 0. The minimum atomic E-state index is -0.135. The van der Waals surface area contributed by atoms with E-state index in [4.69, 9.17) is 9.47 Å². The summed E-state index contributed by atoms with van der Waals surface area (Å²) in [5, 5.41) is 0. The van der Waals surface area contributed by atoms with Gasteiger partial charge < -0.3 is 9.47 Å². The van der Waals surface area contributed by atoms with Gasteiger partial charge in [-0.3, -0.25) is 4.79 Å². The number of hydrogen-bond donors (Lipinski definition) is 0. The smallest absolute Gasteiger partial charge is 0.310 e. The molecule has 126 valence electrons. The molecule has 1 aliphatic rings. The molecule has 3 rings (SSSR count). The lowest BCUT2D eigenvalue weighted by Gasteiger charge is -2.14. The lowest BCUT2D eigenvalue weighted by molar-refractivity contribution is -0.144. The summed E-state index contributed by atoms with van der Waals surface area (Å²) in [6.45, 7) is 6.29. The van der Waals surface area contributed by atoms with Gasteiger partial charge in [0, 0.05) is 11.8 Å². The van der Waals surface area contributed by atoms with Gasteiger partial charge in [-0.25, -0.2) is 0 Å². The predicted octanol–water partition coefficient (Wildman–Crippen LogP) is 4.53. The maximum Gasteiger partial charge on any atom is 0.310 e. The number of para-hydroxylation sites is 1. The van der Waals surface area contributed by atoms with Gasteiger partial charge >= 0.3 is 5.97 Å². The fourth-order valence-corrected chi connectivity index (χ4v) is 3.44. The van der Waals surface area contributed by atoms with E-state index in [-0.39, 0.29) is 29.8 Å². The molecule has 2 aromatic carbocycles. The second-order valence-electron chi connectivity index (χ2n) is 6.44. The molecule has 0 N–H and O–H groups in total. The van der Waals surface area contributed by atoms with Crippen molar-refractivity contribution in [2.75, 3.05) is 6.61 Å². The molecule has 3 unspecified atom stereocenters. The van der Waals surface area contributed by atoms with E-state index in [0.29, 0.717) is 6.61 Å². The predicted molar refractivity (Wildman–Crippen MR) is 94.3 cm³/mol. The summed E-state index contributed by atoms with van der Waals surface area (Å²) in [7, 11) is 0. The van der Waals surface area contributed by atoms with Gasteiger partial charge in [0.15, 0.2) is 0 Å². The first-order valence-corrected chi connectivity index (χ1v) is 8.60. The molecule has 0 aromatic heterocycles. The van der Waals surface area contributed by atoms with Crippen LogP contribution in [0.25, 0.3) is 0 Å². The molecule has 0 heterocycles. The van der Waals surface area contributed by atoms with Crippen LogP contribution in [0.1, 0.15) is 43.7 Å². The standard InChI is InChI=1S/C21H24O3/c1-4-23-21(22)20-18(15-10-6-5-7-11-15)19(20)16-12-8-9-13-17(16)24-14(2)3/h5-14,18-20H,4H2,1-3H3. The molecule has 0 spiro atoms. The van der Waals surface area contributed by atoms with E-state index < -0.39 is 0 Å². The van der Waals surface area contributed by atoms with E-state index in [2.05, 4.69) is 18.2 Å². The highest BCUT2D eigenvalue weighted by molar-refractivity contribution is 5.80. The van der Waals surface area contributed by atoms with E-state index in [1.807, 2.05) is 57.2 Å². The first kappa shape index (κ1) is 16.6. The maximum absolute atomic E-state index is 12.4. The fraction of sp³-hybridized carbons (Fsp3) is 0.381. The van der Waals surface area contributed by atoms with Crippen LogP contribution in [0.15, 0.2) is 54.6 Å². The third-order valence-corrected chi connectivity index (χ3v) is 4.40. The molecule has 1 aliphatic carbocycles. The van der Waals surface area contributed by atoms with E-state index in [9.17, 15) is 4.79 Å². The molecule has 3 atom stereocenters. The monoisotopic (exact) mass is 324 g/mol. The van der Waals surface area contributed by atoms with Crippen LogP contribution >= 0.6 is 0 Å². The van der Waals surface area contributed by atoms with Gasteiger partial charge in [0.1, 0.15) is 5.75 Å². The Labute approximate surface area is 143 Å². The van der Waals surface area contributed by atoms with Crippen molar-refractivity contribution in [1.82, 2.24) is 0 Å². The zero-order chi connectivity index (χ0) is 17.1. The Balaban J connectivity index is 1.94. The van der Waals surface area contributed by atoms with Gasteiger partial charge in [-0.2, -0.15) is 0 Å². The number of ether oxygens (including phenoxy) is 2. The molecule has 0 amide bonds. The quantitative estimate of drug-likeness (QED) is 0.732. The summed E-state index contributed by atoms with van der Waals surface area (Å²) in [5.74, 6) is 0.883. The lowest BCUT2D eigenvalue weighted by Crippen LogP contribution is -2.09. The van der Waals surface area contributed by atoms with Crippen LogP contribution in [0, 0.1) is 5.92 Å². The van der Waals surface area contributed by atoms with Crippen molar-refractivity contribution in [2.24, 2.45) is 5.92 Å². The summed E-state index contributed by atoms with van der Waals surface area (Å²) in [5.41, 5.74) is 2.28. The van der Waals surface area contributed by atoms with Crippen LogP contribution in [0.5, 0.6) is 5.75 Å². The van der Waals surface area contributed by atoms with E-state index in [1.165, 1.54) is 5.56 Å². The third-order valence-electron chi connectivity index (χ3n) is 4.40. The van der Waals surface area contributed by atoms with Crippen molar-refractivity contribution in [3.63, 3.8) is 0 Å². The number of hydrogen-bond acceptors (Lipinski definition) is 3. The van der Waals surface area contributed by atoms with Crippen LogP contribution in [-0.2, 0) is 9.53 Å². The van der Waals surface area contributed by atoms with E-state index >= 15 is 0 Å². The zero-order valence-electron chi connectivity index (χ0n) is 14.4. The van der Waals surface area contributed by atoms with Crippen LogP contribution in [0.3, 0.4) is 0 Å². The number of esters is 1. The second-order valence-corrected chi connectivity index (χ2v) is 6.44. The van der Waals surface area contributed by atoms with Crippen molar-refractivity contribution in [3.8, 4) is 5.75 Å². The van der Waals surface area contributed by atoms with Crippen molar-refractivity contribution in [1.29, 1.82) is 0 Å². The Morgan fingerprint density at radius 2 is 1.67 bits per heavy atom. The number of carbonyl (C=O) groups is 1. The molecule has 0 bridgehead atoms. The SMILES string of the molecule is CCOC(=O)C1C(c2ccccc2)C1c1ccccc1OC(C)C. The molecule has 0 radical (unpaired) electrons. The number of rotatable bonds is 6. The molecular formula is C21H24O3. The molecule has 0 aliphatic heterocycles. The highest BCUT2D eigenvalue weighted by Crippen LogP contribution is 2.62. The maximum atomic E-state index is 12.4. The van der Waals surface area contributed by atoms with E-state index in [0.717, 1.165) is 11.3 Å². The van der Waals surface area contributed by atoms with Crippen molar-refractivity contribution < 1.29 is 14.3 Å². The second kappa shape index (κ2) is 7.08. The van der Waals surface area contributed by atoms with E-state index in [1.54, 1.807) is 0 Å².